The van der Waals surface area contributed by atoms with Gasteiger partial charge in [0.25, 0.3) is 0 Å². The molecule has 4 rings (SSSR count). The fraction of sp³-hybridized carbons (Fsp3) is 0.483. The van der Waals surface area contributed by atoms with Crippen molar-refractivity contribution in [3.05, 3.63) is 66.0 Å². The van der Waals surface area contributed by atoms with Gasteiger partial charge in [-0.25, -0.2) is 0 Å². The molecule has 0 spiro atoms. The molecular weight excluding hydrogens is 436 g/mol. The first-order valence-corrected chi connectivity index (χ1v) is 13.1. The summed E-state index contributed by atoms with van der Waals surface area (Å²) in [6, 6.07) is 14.6. The van der Waals surface area contributed by atoms with Crippen molar-refractivity contribution in [3.8, 4) is 22.6 Å². The van der Waals surface area contributed by atoms with Crippen molar-refractivity contribution in [1.29, 1.82) is 0 Å². The standard InChI is InChI=1S/C29H40N4O2/c1-24-26(10-5-12-28(24)34-22-8-14-30-16-21-33-20-7-15-31-33)27-11-6-13-29(25(27)2)35-23-9-19-32-17-3-4-18-32/h5-7,10-13,15,20,30H,3-4,8-9,14,16-19,21-23H2,1-2H3. The van der Waals surface area contributed by atoms with Gasteiger partial charge in [0.15, 0.2) is 0 Å². The molecule has 1 N–H and O–H groups in total. The first-order valence-electron chi connectivity index (χ1n) is 13.1. The second kappa shape index (κ2) is 13.3. The van der Waals surface area contributed by atoms with E-state index in [0.29, 0.717) is 6.61 Å². The van der Waals surface area contributed by atoms with Crippen LogP contribution in [0, 0.1) is 13.8 Å². The lowest BCUT2D eigenvalue weighted by molar-refractivity contribution is 0.262. The number of nitrogens with one attached hydrogen (secondary N) is 1. The molecule has 0 saturated carbocycles. The topological polar surface area (TPSA) is 51.6 Å². The number of likely N-dealkylation sites (tertiary alicyclic amines) is 1. The molecule has 0 bridgehead atoms. The molecule has 0 unspecified atom stereocenters. The van der Waals surface area contributed by atoms with E-state index in [-0.39, 0.29) is 0 Å². The maximum absolute atomic E-state index is 6.19. The largest absolute Gasteiger partial charge is 0.493 e. The van der Waals surface area contributed by atoms with Crippen molar-refractivity contribution in [3.63, 3.8) is 0 Å². The van der Waals surface area contributed by atoms with E-state index in [1.165, 1.54) is 48.2 Å². The van der Waals surface area contributed by atoms with Crippen molar-refractivity contribution in [2.45, 2.75) is 46.1 Å². The third kappa shape index (κ3) is 7.33. The lowest BCUT2D eigenvalue weighted by atomic mass is 9.95. The molecule has 1 aliphatic heterocycles. The SMILES string of the molecule is Cc1c(OCCCNCCn2cccn2)cccc1-c1cccc(OCCCN2CCCC2)c1C. The number of nitrogens with zero attached hydrogens (tertiary/aromatic N) is 3. The summed E-state index contributed by atoms with van der Waals surface area (Å²) in [5.74, 6) is 1.94. The maximum Gasteiger partial charge on any atom is 0.122 e. The highest BCUT2D eigenvalue weighted by atomic mass is 16.5. The third-order valence-corrected chi connectivity index (χ3v) is 6.77. The summed E-state index contributed by atoms with van der Waals surface area (Å²) in [7, 11) is 0. The highest BCUT2D eigenvalue weighted by Gasteiger charge is 2.13. The van der Waals surface area contributed by atoms with E-state index in [1.807, 2.05) is 23.1 Å². The smallest absolute Gasteiger partial charge is 0.122 e. The van der Waals surface area contributed by atoms with Crippen LogP contribution in [0.15, 0.2) is 54.9 Å². The van der Waals surface area contributed by atoms with Gasteiger partial charge in [-0.1, -0.05) is 24.3 Å². The minimum atomic E-state index is 0.693. The predicted molar refractivity (Wildman–Crippen MR) is 142 cm³/mol. The summed E-state index contributed by atoms with van der Waals surface area (Å²) in [5, 5.41) is 7.67. The molecule has 1 aromatic heterocycles. The second-order valence-corrected chi connectivity index (χ2v) is 9.33. The van der Waals surface area contributed by atoms with Gasteiger partial charge in [-0.15, -0.1) is 0 Å². The Bertz CT molecular complexity index is 1030. The number of benzene rings is 2. The summed E-state index contributed by atoms with van der Waals surface area (Å²) >= 11 is 0. The van der Waals surface area contributed by atoms with Crippen LogP contribution in [-0.4, -0.2) is 60.6 Å². The molecule has 2 aromatic carbocycles. The highest BCUT2D eigenvalue weighted by Crippen LogP contribution is 2.35. The molecule has 6 heteroatoms. The van der Waals surface area contributed by atoms with Crippen LogP contribution in [-0.2, 0) is 6.54 Å². The molecular formula is C29H40N4O2. The van der Waals surface area contributed by atoms with E-state index in [2.05, 4.69) is 65.6 Å². The lowest BCUT2D eigenvalue weighted by Crippen LogP contribution is -2.22. The molecule has 0 aliphatic carbocycles. The van der Waals surface area contributed by atoms with Crippen LogP contribution in [0.1, 0.15) is 36.8 Å². The Hall–Kier alpha value is -2.83. The van der Waals surface area contributed by atoms with Gasteiger partial charge in [0, 0.05) is 25.5 Å². The number of rotatable bonds is 14. The Balaban J connectivity index is 1.26. The van der Waals surface area contributed by atoms with Crippen LogP contribution in [0.25, 0.3) is 11.1 Å². The third-order valence-electron chi connectivity index (χ3n) is 6.77. The second-order valence-electron chi connectivity index (χ2n) is 9.33. The number of hydrogen-bond donors (Lipinski definition) is 1. The Morgan fingerprint density at radius 3 is 2.09 bits per heavy atom. The molecule has 0 atom stereocenters. The van der Waals surface area contributed by atoms with E-state index < -0.39 is 0 Å². The van der Waals surface area contributed by atoms with E-state index in [0.717, 1.165) is 57.1 Å². The van der Waals surface area contributed by atoms with Gasteiger partial charge < -0.3 is 19.7 Å². The van der Waals surface area contributed by atoms with Gasteiger partial charge in [0.1, 0.15) is 11.5 Å². The molecule has 6 nitrogen and oxygen atoms in total. The predicted octanol–water partition coefficient (Wildman–Crippen LogP) is 5.09. The van der Waals surface area contributed by atoms with Gasteiger partial charge in [0.05, 0.1) is 19.8 Å². The quantitative estimate of drug-likeness (QED) is 0.329. The van der Waals surface area contributed by atoms with Crippen molar-refractivity contribution in [1.82, 2.24) is 20.0 Å². The molecule has 35 heavy (non-hydrogen) atoms. The van der Waals surface area contributed by atoms with Crippen LogP contribution < -0.4 is 14.8 Å². The van der Waals surface area contributed by atoms with Crippen LogP contribution in [0.4, 0.5) is 0 Å². The number of ether oxygens (including phenoxy) is 2. The van der Waals surface area contributed by atoms with Crippen molar-refractivity contribution >= 4 is 0 Å². The molecule has 1 fully saturated rings. The molecule has 3 aromatic rings. The van der Waals surface area contributed by atoms with Gasteiger partial charge >= 0.3 is 0 Å². The van der Waals surface area contributed by atoms with Crippen LogP contribution in [0.3, 0.4) is 0 Å². The minimum Gasteiger partial charge on any atom is -0.493 e. The first-order chi connectivity index (χ1) is 17.2. The van der Waals surface area contributed by atoms with Gasteiger partial charge in [0.2, 0.25) is 0 Å². The van der Waals surface area contributed by atoms with Crippen molar-refractivity contribution in [2.24, 2.45) is 0 Å². The van der Waals surface area contributed by atoms with Gasteiger partial charge in [-0.05, 0) is 99.6 Å². The number of aromatic nitrogens is 2. The molecule has 0 radical (unpaired) electrons. The summed E-state index contributed by atoms with van der Waals surface area (Å²) in [5.41, 5.74) is 4.79. The average molecular weight is 477 g/mol. The maximum atomic E-state index is 6.19. The fourth-order valence-corrected chi connectivity index (χ4v) is 4.73. The Morgan fingerprint density at radius 2 is 1.46 bits per heavy atom. The molecule has 188 valence electrons. The summed E-state index contributed by atoms with van der Waals surface area (Å²) in [4.78, 5) is 2.54. The zero-order chi connectivity index (χ0) is 24.3. The number of hydrogen-bond acceptors (Lipinski definition) is 5. The van der Waals surface area contributed by atoms with E-state index >= 15 is 0 Å². The zero-order valence-corrected chi connectivity index (χ0v) is 21.3. The Labute approximate surface area is 210 Å². The molecule has 2 heterocycles. The summed E-state index contributed by atoms with van der Waals surface area (Å²) in [6.45, 7) is 12.1. The van der Waals surface area contributed by atoms with E-state index in [9.17, 15) is 0 Å². The van der Waals surface area contributed by atoms with E-state index in [4.69, 9.17) is 9.47 Å². The highest BCUT2D eigenvalue weighted by molar-refractivity contribution is 5.74. The van der Waals surface area contributed by atoms with E-state index in [1.54, 1.807) is 0 Å². The fourth-order valence-electron chi connectivity index (χ4n) is 4.73. The van der Waals surface area contributed by atoms with Crippen LogP contribution in [0.5, 0.6) is 11.5 Å². The van der Waals surface area contributed by atoms with Crippen LogP contribution >= 0.6 is 0 Å². The molecule has 1 saturated heterocycles. The van der Waals surface area contributed by atoms with Crippen LogP contribution in [0.2, 0.25) is 0 Å². The monoisotopic (exact) mass is 476 g/mol. The van der Waals surface area contributed by atoms with Gasteiger partial charge in [-0.3, -0.25) is 4.68 Å². The first kappa shape index (κ1) is 25.3. The Morgan fingerprint density at radius 1 is 0.800 bits per heavy atom. The zero-order valence-electron chi connectivity index (χ0n) is 21.3. The summed E-state index contributed by atoms with van der Waals surface area (Å²) < 4.78 is 14.3. The minimum absolute atomic E-state index is 0.693. The Kier molecular flexibility index (Phi) is 9.61. The summed E-state index contributed by atoms with van der Waals surface area (Å²) in [6.07, 6.45) is 8.51. The average Bonchev–Trinajstić information content (AvgIpc) is 3.58. The molecule has 1 aliphatic rings. The normalized spacial score (nSPS) is 13.9. The van der Waals surface area contributed by atoms with Crippen molar-refractivity contribution in [2.75, 3.05) is 45.9 Å². The molecule has 0 amide bonds. The lowest BCUT2D eigenvalue weighted by Gasteiger charge is -2.18. The van der Waals surface area contributed by atoms with Crippen molar-refractivity contribution < 1.29 is 9.47 Å². The van der Waals surface area contributed by atoms with Gasteiger partial charge in [-0.2, -0.15) is 5.10 Å².